The molecule has 114 valence electrons. The predicted octanol–water partition coefficient (Wildman–Crippen LogP) is -2.64. The van der Waals surface area contributed by atoms with Crippen molar-refractivity contribution in [2.45, 2.75) is 32.2 Å². The van der Waals surface area contributed by atoms with E-state index >= 15 is 0 Å². The molecule has 6 nitrogen and oxygen atoms in total. The van der Waals surface area contributed by atoms with Gasteiger partial charge in [-0.15, -0.1) is 11.8 Å². The number of amides is 1. The van der Waals surface area contributed by atoms with Crippen LogP contribution in [0.3, 0.4) is 0 Å². The molecule has 1 amide bonds. The number of β-lactam (4-membered cyclic amide) rings is 1. The monoisotopic (exact) mass is 339 g/mol. The number of hydrogen-bond acceptors (Lipinski definition) is 5. The summed E-state index contributed by atoms with van der Waals surface area (Å²) in [5, 5.41) is 16.7. The molecule has 0 N–H and O–H groups in total. The molecule has 23 heavy (non-hydrogen) atoms. The SMILES string of the molecule is CC1(C)Cc2cc(/C=C3/C(=O)N4C(C(=O)[O-])=CS[C@H]34)nn2C1.[Na+]. The van der Waals surface area contributed by atoms with Crippen molar-refractivity contribution in [1.82, 2.24) is 14.7 Å². The standard InChI is InChI=1S/C15H15N3O3S.Na/c1-15(2)5-9-3-8(16-17(9)7-15)4-10-12(19)18-11(14(20)21)6-22-13(10)18;/h3-4,6,13H,5,7H2,1-2H3,(H,20,21);/q;+1/p-1/b10-4-;/t13-;/m1./s1. The molecule has 1 aromatic rings. The second kappa shape index (κ2) is 5.51. The van der Waals surface area contributed by atoms with E-state index in [0.717, 1.165) is 18.7 Å². The molecule has 0 aliphatic carbocycles. The van der Waals surface area contributed by atoms with Crippen molar-refractivity contribution in [3.05, 3.63) is 34.1 Å². The summed E-state index contributed by atoms with van der Waals surface area (Å²) in [6, 6.07) is 2.00. The van der Waals surface area contributed by atoms with Gasteiger partial charge in [0.05, 0.1) is 22.9 Å². The van der Waals surface area contributed by atoms with Crippen molar-refractivity contribution in [2.24, 2.45) is 5.41 Å². The van der Waals surface area contributed by atoms with Crippen LogP contribution in [0.4, 0.5) is 0 Å². The van der Waals surface area contributed by atoms with E-state index in [1.807, 2.05) is 10.7 Å². The van der Waals surface area contributed by atoms with Gasteiger partial charge in [0.15, 0.2) is 0 Å². The van der Waals surface area contributed by atoms with Crippen molar-refractivity contribution in [3.8, 4) is 0 Å². The van der Waals surface area contributed by atoms with Gasteiger partial charge in [-0.3, -0.25) is 14.4 Å². The molecule has 0 unspecified atom stereocenters. The van der Waals surface area contributed by atoms with Crippen LogP contribution >= 0.6 is 11.8 Å². The van der Waals surface area contributed by atoms with E-state index in [-0.39, 0.29) is 52.0 Å². The number of thioether (sulfide) groups is 1. The van der Waals surface area contributed by atoms with Crippen molar-refractivity contribution in [3.63, 3.8) is 0 Å². The minimum atomic E-state index is -1.31. The van der Waals surface area contributed by atoms with Gasteiger partial charge in [0, 0.05) is 12.2 Å². The Bertz CT molecular complexity index is 755. The quantitative estimate of drug-likeness (QED) is 0.334. The number of hydrogen-bond donors (Lipinski definition) is 0. The van der Waals surface area contributed by atoms with Gasteiger partial charge in [-0.05, 0) is 29.4 Å². The van der Waals surface area contributed by atoms with Gasteiger partial charge in [0.2, 0.25) is 0 Å². The van der Waals surface area contributed by atoms with E-state index < -0.39 is 5.97 Å². The van der Waals surface area contributed by atoms with Gasteiger partial charge in [0.25, 0.3) is 5.91 Å². The third-order valence-corrected chi connectivity index (χ3v) is 5.25. The number of aliphatic carboxylic acids is 1. The molecule has 8 heteroatoms. The van der Waals surface area contributed by atoms with Crippen molar-refractivity contribution < 1.29 is 44.3 Å². The van der Waals surface area contributed by atoms with E-state index in [0.29, 0.717) is 5.57 Å². The Morgan fingerprint density at radius 3 is 2.91 bits per heavy atom. The summed E-state index contributed by atoms with van der Waals surface area (Å²) in [7, 11) is 0. The molecule has 0 saturated carbocycles. The summed E-state index contributed by atoms with van der Waals surface area (Å²) in [5.74, 6) is -1.59. The zero-order valence-electron chi connectivity index (χ0n) is 13.2. The van der Waals surface area contributed by atoms with Crippen molar-refractivity contribution in [1.29, 1.82) is 0 Å². The fourth-order valence-corrected chi connectivity index (χ4v) is 4.31. The third kappa shape index (κ3) is 2.59. The van der Waals surface area contributed by atoms with E-state index in [1.54, 1.807) is 6.08 Å². The van der Waals surface area contributed by atoms with E-state index in [9.17, 15) is 14.7 Å². The van der Waals surface area contributed by atoms with Crippen LogP contribution in [0, 0.1) is 5.41 Å². The molecule has 0 spiro atoms. The van der Waals surface area contributed by atoms with Gasteiger partial charge in [-0.25, -0.2) is 0 Å². The average Bonchev–Trinajstić information content (AvgIpc) is 3.03. The molecular weight excluding hydrogens is 325 g/mol. The minimum Gasteiger partial charge on any atom is -0.543 e. The average molecular weight is 339 g/mol. The molecule has 3 aliphatic heterocycles. The summed E-state index contributed by atoms with van der Waals surface area (Å²) < 4.78 is 1.99. The first-order valence-corrected chi connectivity index (χ1v) is 7.99. The summed E-state index contributed by atoms with van der Waals surface area (Å²) in [6.45, 7) is 5.28. The zero-order valence-corrected chi connectivity index (χ0v) is 16.0. The molecular formula is C15H14N3NaO3S. The number of carboxylic acids is 1. The Morgan fingerprint density at radius 1 is 1.52 bits per heavy atom. The number of rotatable bonds is 2. The zero-order chi connectivity index (χ0) is 15.6. The molecule has 0 radical (unpaired) electrons. The van der Waals surface area contributed by atoms with Crippen LogP contribution in [-0.4, -0.2) is 31.9 Å². The van der Waals surface area contributed by atoms with Gasteiger partial charge in [-0.1, -0.05) is 13.8 Å². The summed E-state index contributed by atoms with van der Waals surface area (Å²) in [4.78, 5) is 24.3. The van der Waals surface area contributed by atoms with Crippen LogP contribution < -0.4 is 34.7 Å². The van der Waals surface area contributed by atoms with Crippen LogP contribution in [0.2, 0.25) is 0 Å². The normalized spacial score (nSPS) is 25.6. The molecule has 1 fully saturated rings. The Labute approximate surface area is 159 Å². The van der Waals surface area contributed by atoms with E-state index in [4.69, 9.17) is 0 Å². The molecule has 0 bridgehead atoms. The number of aromatic nitrogens is 2. The third-order valence-electron chi connectivity index (χ3n) is 4.17. The first-order chi connectivity index (χ1) is 10.4. The number of nitrogens with zero attached hydrogens (tertiary/aromatic N) is 3. The van der Waals surface area contributed by atoms with Gasteiger partial charge in [-0.2, -0.15) is 5.10 Å². The molecule has 1 saturated heterocycles. The van der Waals surface area contributed by atoms with Crippen LogP contribution in [-0.2, 0) is 22.6 Å². The van der Waals surface area contributed by atoms with Crippen molar-refractivity contribution in [2.75, 3.05) is 0 Å². The maximum atomic E-state index is 12.1. The van der Waals surface area contributed by atoms with Crippen LogP contribution in [0.25, 0.3) is 6.08 Å². The molecule has 1 atom stereocenters. The van der Waals surface area contributed by atoms with Gasteiger partial charge >= 0.3 is 29.6 Å². The van der Waals surface area contributed by atoms with Gasteiger partial charge < -0.3 is 9.90 Å². The van der Waals surface area contributed by atoms with E-state index in [1.165, 1.54) is 27.8 Å². The molecule has 4 heterocycles. The van der Waals surface area contributed by atoms with Crippen LogP contribution in [0.1, 0.15) is 25.2 Å². The Morgan fingerprint density at radius 2 is 2.26 bits per heavy atom. The Balaban J connectivity index is 0.00000156. The summed E-state index contributed by atoms with van der Waals surface area (Å²) in [6.07, 6.45) is 2.73. The second-order valence-electron chi connectivity index (χ2n) is 6.61. The number of carboxylic acid groups (broad SMARTS) is 1. The van der Waals surface area contributed by atoms with E-state index in [2.05, 4.69) is 18.9 Å². The van der Waals surface area contributed by atoms with Crippen LogP contribution in [0.15, 0.2) is 22.7 Å². The summed E-state index contributed by atoms with van der Waals surface area (Å²) in [5.41, 5.74) is 2.70. The molecule has 4 rings (SSSR count). The first kappa shape index (κ1) is 16.8. The van der Waals surface area contributed by atoms with Crippen molar-refractivity contribution >= 4 is 29.7 Å². The molecule has 3 aliphatic rings. The maximum Gasteiger partial charge on any atom is 1.00 e. The van der Waals surface area contributed by atoms with Gasteiger partial charge in [0.1, 0.15) is 5.37 Å². The number of carbonyl (C=O) groups excluding carboxylic acids is 2. The second-order valence-corrected chi connectivity index (χ2v) is 7.57. The number of carbonyl (C=O) groups is 2. The Kier molecular flexibility index (Phi) is 4.03. The predicted molar refractivity (Wildman–Crippen MR) is 79.0 cm³/mol. The fourth-order valence-electron chi connectivity index (χ4n) is 3.20. The largest absolute Gasteiger partial charge is 1.00 e. The number of fused-ring (bicyclic) bond motifs is 2. The molecule has 0 aromatic carbocycles. The summed E-state index contributed by atoms with van der Waals surface area (Å²) >= 11 is 1.31. The van der Waals surface area contributed by atoms with Crippen LogP contribution in [0.5, 0.6) is 0 Å². The smallest absolute Gasteiger partial charge is 0.543 e. The first-order valence-electron chi connectivity index (χ1n) is 7.05. The minimum absolute atomic E-state index is 0. The molecule has 1 aromatic heterocycles. The Hall–Kier alpha value is -1.02. The fraction of sp³-hybridized carbons (Fsp3) is 0.400. The maximum absolute atomic E-state index is 12.1. The topological polar surface area (TPSA) is 78.3 Å².